The van der Waals surface area contributed by atoms with E-state index in [0.29, 0.717) is 39.9 Å². The first kappa shape index (κ1) is 20.5. The fraction of sp³-hybridized carbons (Fsp3) is 0.478. The Morgan fingerprint density at radius 2 is 1.67 bits per heavy atom. The first-order valence-corrected chi connectivity index (χ1v) is 9.97. The molecule has 0 aromatic heterocycles. The molecule has 7 nitrogen and oxygen atoms in total. The van der Waals surface area contributed by atoms with E-state index in [1.807, 2.05) is 12.1 Å². The van der Waals surface area contributed by atoms with Crippen LogP contribution in [0.4, 0.5) is 0 Å². The molecule has 162 valence electrons. The van der Waals surface area contributed by atoms with Gasteiger partial charge in [-0.15, -0.1) is 0 Å². The van der Waals surface area contributed by atoms with Crippen LogP contribution in [0, 0.1) is 11.8 Å². The smallest absolute Gasteiger partial charge is 0.231 e. The third-order valence-corrected chi connectivity index (χ3v) is 6.31. The van der Waals surface area contributed by atoms with Crippen molar-refractivity contribution in [2.24, 2.45) is 11.8 Å². The highest BCUT2D eigenvalue weighted by Crippen LogP contribution is 2.58. The van der Waals surface area contributed by atoms with Gasteiger partial charge in [0.1, 0.15) is 0 Å². The van der Waals surface area contributed by atoms with E-state index in [2.05, 4.69) is 13.8 Å². The van der Waals surface area contributed by atoms with Crippen LogP contribution in [0.3, 0.4) is 0 Å². The van der Waals surface area contributed by atoms with Crippen LogP contribution in [0.1, 0.15) is 31.1 Å². The Bertz CT molecular complexity index is 969. The minimum atomic E-state index is -0.235. The number of phenolic OH excluding ortho intramolecular Hbond substituents is 1. The molecule has 3 atom stereocenters. The molecule has 0 amide bonds. The molecule has 0 radical (unpaired) electrons. The number of benzene rings is 2. The summed E-state index contributed by atoms with van der Waals surface area (Å²) < 4.78 is 34.1. The monoisotopic (exact) mass is 416 g/mol. The zero-order valence-electron chi connectivity index (χ0n) is 18.2. The summed E-state index contributed by atoms with van der Waals surface area (Å²) in [5.41, 5.74) is 3.18. The molecule has 0 saturated heterocycles. The first-order chi connectivity index (χ1) is 14.5. The van der Waals surface area contributed by atoms with Crippen molar-refractivity contribution in [2.75, 3.05) is 35.2 Å². The predicted molar refractivity (Wildman–Crippen MR) is 111 cm³/mol. The van der Waals surface area contributed by atoms with Crippen molar-refractivity contribution in [3.63, 3.8) is 0 Å². The lowest BCUT2D eigenvalue weighted by Crippen LogP contribution is -2.24. The van der Waals surface area contributed by atoms with Gasteiger partial charge in [0, 0.05) is 18.2 Å². The Labute approximate surface area is 176 Å². The van der Waals surface area contributed by atoms with Crippen molar-refractivity contribution < 1.29 is 33.5 Å². The fourth-order valence-electron chi connectivity index (χ4n) is 4.63. The van der Waals surface area contributed by atoms with Gasteiger partial charge in [-0.2, -0.15) is 0 Å². The average Bonchev–Trinajstić information content (AvgIpc) is 3.21. The number of phenols is 1. The topological polar surface area (TPSA) is 75.6 Å². The Kier molecular flexibility index (Phi) is 5.32. The fourth-order valence-corrected chi connectivity index (χ4v) is 4.63. The maximum absolute atomic E-state index is 11.3. The molecule has 0 fully saturated rings. The Morgan fingerprint density at radius 1 is 0.933 bits per heavy atom. The normalized spacial score (nSPS) is 21.9. The standard InChI is InChI=1S/C23H28O7/c1-11-7-13-8-16-21(30-10-29-16)19(24)17(13)18-14(20(26-4)12(11)2)9-15(25-3)22(27-5)23(18)28-6/h8-9,11-12,20,24H,7,10H2,1-6H3/t11-,12-,20+/m0/s1. The molecule has 7 heteroatoms. The second kappa shape index (κ2) is 7.80. The summed E-state index contributed by atoms with van der Waals surface area (Å²) in [7, 11) is 6.43. The van der Waals surface area contributed by atoms with Crippen molar-refractivity contribution in [3.8, 4) is 45.6 Å². The molecule has 1 aliphatic carbocycles. The Morgan fingerprint density at radius 3 is 2.30 bits per heavy atom. The first-order valence-electron chi connectivity index (χ1n) is 9.97. The number of ether oxygens (including phenoxy) is 6. The van der Waals surface area contributed by atoms with E-state index in [9.17, 15) is 5.11 Å². The molecule has 1 aliphatic heterocycles. The second-order valence-electron chi connectivity index (χ2n) is 7.80. The molecule has 1 N–H and O–H groups in total. The number of hydrogen-bond donors (Lipinski definition) is 1. The van der Waals surface area contributed by atoms with E-state index in [0.717, 1.165) is 17.5 Å². The van der Waals surface area contributed by atoms with Crippen molar-refractivity contribution in [2.45, 2.75) is 26.4 Å². The minimum absolute atomic E-state index is 0.0309. The van der Waals surface area contributed by atoms with Crippen LogP contribution in [0.2, 0.25) is 0 Å². The van der Waals surface area contributed by atoms with Crippen LogP contribution in [0.5, 0.6) is 34.5 Å². The summed E-state index contributed by atoms with van der Waals surface area (Å²) in [5, 5.41) is 11.3. The van der Waals surface area contributed by atoms with Crippen LogP contribution < -0.4 is 23.7 Å². The highest BCUT2D eigenvalue weighted by atomic mass is 16.7. The summed E-state index contributed by atoms with van der Waals surface area (Å²) in [5.74, 6) is 2.87. The van der Waals surface area contributed by atoms with Gasteiger partial charge in [0.15, 0.2) is 23.0 Å². The maximum Gasteiger partial charge on any atom is 0.231 e. The van der Waals surface area contributed by atoms with Gasteiger partial charge in [0.05, 0.1) is 27.4 Å². The van der Waals surface area contributed by atoms with Gasteiger partial charge in [0.2, 0.25) is 18.3 Å². The SMILES string of the molecule is COc1cc2c(c(OC)c1OC)-c1c(cc3c(c1O)OCO3)C[C@H](C)[C@H](C)[C@H]2OC. The summed E-state index contributed by atoms with van der Waals surface area (Å²) in [4.78, 5) is 0. The highest BCUT2D eigenvalue weighted by molar-refractivity contribution is 5.88. The van der Waals surface area contributed by atoms with Gasteiger partial charge in [-0.05, 0) is 41.5 Å². The summed E-state index contributed by atoms with van der Waals surface area (Å²) >= 11 is 0. The van der Waals surface area contributed by atoms with Gasteiger partial charge < -0.3 is 33.5 Å². The zero-order valence-corrected chi connectivity index (χ0v) is 18.2. The third-order valence-electron chi connectivity index (χ3n) is 6.31. The number of methoxy groups -OCH3 is 4. The third kappa shape index (κ3) is 2.91. The number of aromatic hydroxyl groups is 1. The number of rotatable bonds is 4. The largest absolute Gasteiger partial charge is 0.504 e. The van der Waals surface area contributed by atoms with Gasteiger partial charge in [-0.25, -0.2) is 0 Å². The van der Waals surface area contributed by atoms with E-state index in [1.165, 1.54) is 0 Å². The van der Waals surface area contributed by atoms with Crippen LogP contribution >= 0.6 is 0 Å². The lowest BCUT2D eigenvalue weighted by atomic mass is 9.76. The van der Waals surface area contributed by atoms with Crippen molar-refractivity contribution in [1.82, 2.24) is 0 Å². The van der Waals surface area contributed by atoms with E-state index < -0.39 is 0 Å². The molecule has 0 spiro atoms. The maximum atomic E-state index is 11.3. The quantitative estimate of drug-likeness (QED) is 0.795. The lowest BCUT2D eigenvalue weighted by Gasteiger charge is -2.34. The van der Waals surface area contributed by atoms with Gasteiger partial charge in [-0.3, -0.25) is 0 Å². The molecule has 30 heavy (non-hydrogen) atoms. The average molecular weight is 416 g/mol. The molecule has 0 unspecified atom stereocenters. The molecule has 2 aromatic carbocycles. The summed E-state index contributed by atoms with van der Waals surface area (Å²) in [6, 6.07) is 3.86. The molecule has 4 rings (SSSR count). The van der Waals surface area contributed by atoms with Crippen molar-refractivity contribution >= 4 is 0 Å². The van der Waals surface area contributed by atoms with Crippen LogP contribution in [-0.4, -0.2) is 40.3 Å². The van der Waals surface area contributed by atoms with Crippen molar-refractivity contribution in [3.05, 3.63) is 23.3 Å². The molecule has 1 heterocycles. The highest BCUT2D eigenvalue weighted by Gasteiger charge is 2.37. The van der Waals surface area contributed by atoms with E-state index >= 15 is 0 Å². The number of fused-ring (bicyclic) bond motifs is 4. The molecule has 0 saturated carbocycles. The summed E-state index contributed by atoms with van der Waals surface area (Å²) in [6.07, 6.45) is 0.499. The molecular weight excluding hydrogens is 388 g/mol. The Balaban J connectivity index is 2.15. The molecular formula is C23H28O7. The van der Waals surface area contributed by atoms with Crippen molar-refractivity contribution in [1.29, 1.82) is 0 Å². The molecule has 2 aromatic rings. The number of hydrogen-bond acceptors (Lipinski definition) is 7. The van der Waals surface area contributed by atoms with Gasteiger partial charge in [-0.1, -0.05) is 13.8 Å². The zero-order chi connectivity index (χ0) is 21.6. The second-order valence-corrected chi connectivity index (χ2v) is 7.80. The van der Waals surface area contributed by atoms with E-state index in [-0.39, 0.29) is 30.5 Å². The van der Waals surface area contributed by atoms with Gasteiger partial charge >= 0.3 is 0 Å². The lowest BCUT2D eigenvalue weighted by molar-refractivity contribution is 0.0361. The molecule has 0 bridgehead atoms. The van der Waals surface area contributed by atoms with Crippen LogP contribution in [0.15, 0.2) is 12.1 Å². The minimum Gasteiger partial charge on any atom is -0.504 e. The van der Waals surface area contributed by atoms with E-state index in [4.69, 9.17) is 28.4 Å². The molecule has 2 aliphatic rings. The van der Waals surface area contributed by atoms with Gasteiger partial charge in [0.25, 0.3) is 0 Å². The van der Waals surface area contributed by atoms with E-state index in [1.54, 1.807) is 28.4 Å². The predicted octanol–water partition coefficient (Wildman–Crippen LogP) is 4.33. The van der Waals surface area contributed by atoms with Crippen LogP contribution in [0.25, 0.3) is 11.1 Å². The van der Waals surface area contributed by atoms with Crippen LogP contribution in [-0.2, 0) is 11.2 Å². The Hall–Kier alpha value is -2.80. The summed E-state index contributed by atoms with van der Waals surface area (Å²) in [6.45, 7) is 4.43.